The average molecular weight is 533 g/mol. The summed E-state index contributed by atoms with van der Waals surface area (Å²) < 4.78 is 0. The molecule has 0 spiro atoms. The maximum atomic E-state index is 13.3. The van der Waals surface area contributed by atoms with Gasteiger partial charge >= 0.3 is 0 Å². The average Bonchev–Trinajstić information content (AvgIpc) is 2.90. The Bertz CT molecular complexity index is 1360. The normalized spacial score (nSPS) is 11.7. The van der Waals surface area contributed by atoms with Gasteiger partial charge in [-0.2, -0.15) is 0 Å². The van der Waals surface area contributed by atoms with E-state index in [1.807, 2.05) is 84.9 Å². The molecule has 0 saturated heterocycles. The highest BCUT2D eigenvalue weighted by molar-refractivity contribution is 8.00. The van der Waals surface area contributed by atoms with Crippen LogP contribution in [0.5, 0.6) is 0 Å². The molecule has 2 N–H and O–H groups in total. The standard InChI is InChI=1S/C29H22Cl2N2O2S/c30-22-12-17-25(31)26(19-22)33-29(35)28(21-9-5-2-6-10-21)36-24-15-13-23(14-16-24)32-27(34)18-11-20-7-3-1-4-8-20/h1-19,28H,(H,32,34)(H,33,35)/b18-11+. The predicted octanol–water partition coefficient (Wildman–Crippen LogP) is 8.12. The smallest absolute Gasteiger partial charge is 0.248 e. The van der Waals surface area contributed by atoms with Crippen molar-refractivity contribution in [3.05, 3.63) is 130 Å². The fourth-order valence-corrected chi connectivity index (χ4v) is 4.73. The number of nitrogens with one attached hydrogen (secondary N) is 2. The summed E-state index contributed by atoms with van der Waals surface area (Å²) in [7, 11) is 0. The quantitative estimate of drug-likeness (QED) is 0.178. The molecule has 4 nitrogen and oxygen atoms in total. The van der Waals surface area contributed by atoms with Crippen LogP contribution in [0.3, 0.4) is 0 Å². The number of rotatable bonds is 8. The molecule has 0 radical (unpaired) electrons. The van der Waals surface area contributed by atoms with E-state index in [0.717, 1.165) is 16.0 Å². The Hall–Kier alpha value is -3.51. The van der Waals surface area contributed by atoms with E-state index in [1.165, 1.54) is 17.8 Å². The Kier molecular flexibility index (Phi) is 8.85. The second kappa shape index (κ2) is 12.5. The Morgan fingerprint density at radius 3 is 2.14 bits per heavy atom. The first-order chi connectivity index (χ1) is 17.5. The van der Waals surface area contributed by atoms with Crippen molar-refractivity contribution in [3.63, 3.8) is 0 Å². The van der Waals surface area contributed by atoms with Crippen LogP contribution in [0.2, 0.25) is 10.0 Å². The van der Waals surface area contributed by atoms with E-state index >= 15 is 0 Å². The molecule has 0 heterocycles. The predicted molar refractivity (Wildman–Crippen MR) is 151 cm³/mol. The Morgan fingerprint density at radius 1 is 0.778 bits per heavy atom. The zero-order valence-corrected chi connectivity index (χ0v) is 21.4. The van der Waals surface area contributed by atoms with Crippen molar-refractivity contribution in [3.8, 4) is 0 Å². The molecule has 0 aliphatic rings. The van der Waals surface area contributed by atoms with Gasteiger partial charge in [0.15, 0.2) is 0 Å². The molecule has 0 aliphatic heterocycles. The molecule has 0 aliphatic carbocycles. The second-order valence-electron chi connectivity index (χ2n) is 7.78. The van der Waals surface area contributed by atoms with E-state index in [4.69, 9.17) is 23.2 Å². The summed E-state index contributed by atoms with van der Waals surface area (Å²) in [5, 5.41) is 6.10. The van der Waals surface area contributed by atoms with Crippen LogP contribution in [0, 0.1) is 0 Å². The van der Waals surface area contributed by atoms with Crippen molar-refractivity contribution in [2.24, 2.45) is 0 Å². The fourth-order valence-electron chi connectivity index (χ4n) is 3.37. The highest BCUT2D eigenvalue weighted by Gasteiger charge is 2.23. The van der Waals surface area contributed by atoms with Crippen molar-refractivity contribution in [1.82, 2.24) is 0 Å². The molecule has 4 rings (SSSR count). The third kappa shape index (κ3) is 7.25. The van der Waals surface area contributed by atoms with Gasteiger partial charge in [0, 0.05) is 21.7 Å². The number of benzene rings is 4. The molecule has 2 amide bonds. The van der Waals surface area contributed by atoms with Gasteiger partial charge in [0.1, 0.15) is 5.25 Å². The minimum atomic E-state index is -0.532. The number of carbonyl (C=O) groups is 2. The van der Waals surface area contributed by atoms with Crippen LogP contribution >= 0.6 is 35.0 Å². The van der Waals surface area contributed by atoms with E-state index < -0.39 is 5.25 Å². The molecule has 4 aromatic rings. The molecule has 0 saturated carbocycles. The molecule has 0 aromatic heterocycles. The fraction of sp³-hybridized carbons (Fsp3) is 0.0345. The van der Waals surface area contributed by atoms with Crippen LogP contribution in [0.15, 0.2) is 114 Å². The SMILES string of the molecule is O=C(/C=C/c1ccccc1)Nc1ccc(SC(C(=O)Nc2cc(Cl)ccc2Cl)c2ccccc2)cc1. The van der Waals surface area contributed by atoms with Gasteiger partial charge in [-0.05, 0) is 59.7 Å². The van der Waals surface area contributed by atoms with Gasteiger partial charge in [0.05, 0.1) is 10.7 Å². The molecule has 7 heteroatoms. The molecule has 0 bridgehead atoms. The van der Waals surface area contributed by atoms with Crippen molar-refractivity contribution in [1.29, 1.82) is 0 Å². The molecule has 36 heavy (non-hydrogen) atoms. The summed E-state index contributed by atoms with van der Waals surface area (Å²) >= 11 is 13.7. The van der Waals surface area contributed by atoms with E-state index in [9.17, 15) is 9.59 Å². The van der Waals surface area contributed by atoms with Crippen molar-refractivity contribution < 1.29 is 9.59 Å². The van der Waals surface area contributed by atoms with Crippen molar-refractivity contribution in [2.45, 2.75) is 10.1 Å². The van der Waals surface area contributed by atoms with Crippen LogP contribution in [0.1, 0.15) is 16.4 Å². The van der Waals surface area contributed by atoms with Crippen LogP contribution in [0.4, 0.5) is 11.4 Å². The minimum Gasteiger partial charge on any atom is -0.323 e. The van der Waals surface area contributed by atoms with Gasteiger partial charge in [-0.3, -0.25) is 9.59 Å². The van der Waals surface area contributed by atoms with Crippen LogP contribution in [-0.4, -0.2) is 11.8 Å². The van der Waals surface area contributed by atoms with Gasteiger partial charge in [0.25, 0.3) is 0 Å². The monoisotopic (exact) mass is 532 g/mol. The first-order valence-electron chi connectivity index (χ1n) is 11.1. The largest absolute Gasteiger partial charge is 0.323 e. The lowest BCUT2D eigenvalue weighted by atomic mass is 10.1. The highest BCUT2D eigenvalue weighted by Crippen LogP contribution is 2.37. The third-order valence-electron chi connectivity index (χ3n) is 5.13. The van der Waals surface area contributed by atoms with Crippen molar-refractivity contribution in [2.75, 3.05) is 10.6 Å². The first-order valence-corrected chi connectivity index (χ1v) is 12.7. The lowest BCUT2D eigenvalue weighted by Gasteiger charge is -2.18. The summed E-state index contributed by atoms with van der Waals surface area (Å²) in [4.78, 5) is 26.4. The van der Waals surface area contributed by atoms with Gasteiger partial charge in [-0.15, -0.1) is 11.8 Å². The van der Waals surface area contributed by atoms with Crippen molar-refractivity contribution >= 4 is 64.2 Å². The second-order valence-corrected chi connectivity index (χ2v) is 9.80. The first kappa shape index (κ1) is 25.6. The molecule has 1 atom stereocenters. The zero-order chi connectivity index (χ0) is 25.3. The number of hydrogen-bond acceptors (Lipinski definition) is 3. The van der Waals surface area contributed by atoms with Crippen LogP contribution in [0.25, 0.3) is 6.08 Å². The number of halogens is 2. The summed E-state index contributed by atoms with van der Waals surface area (Å²) in [5.74, 6) is -0.446. The zero-order valence-electron chi connectivity index (χ0n) is 19.0. The molecule has 180 valence electrons. The lowest BCUT2D eigenvalue weighted by Crippen LogP contribution is -2.19. The van der Waals surface area contributed by atoms with Gasteiger partial charge in [-0.1, -0.05) is 83.9 Å². The number of hydrogen-bond donors (Lipinski definition) is 2. The highest BCUT2D eigenvalue weighted by atomic mass is 35.5. The van der Waals surface area contributed by atoms with Gasteiger partial charge in [-0.25, -0.2) is 0 Å². The van der Waals surface area contributed by atoms with E-state index in [1.54, 1.807) is 24.3 Å². The minimum absolute atomic E-state index is 0.223. The molecule has 4 aromatic carbocycles. The molecular formula is C29H22Cl2N2O2S. The third-order valence-corrected chi connectivity index (χ3v) is 6.96. The number of carbonyl (C=O) groups excluding carboxylic acids is 2. The maximum Gasteiger partial charge on any atom is 0.248 e. The summed E-state index contributed by atoms with van der Waals surface area (Å²) in [6.45, 7) is 0. The molecular weight excluding hydrogens is 511 g/mol. The summed E-state index contributed by atoms with van der Waals surface area (Å²) in [6, 6.07) is 31.4. The topological polar surface area (TPSA) is 58.2 Å². The number of amides is 2. The maximum absolute atomic E-state index is 13.3. The molecule has 0 fully saturated rings. The molecule has 1 unspecified atom stereocenters. The van der Waals surface area contributed by atoms with E-state index in [-0.39, 0.29) is 11.8 Å². The Morgan fingerprint density at radius 2 is 1.44 bits per heavy atom. The Labute approximate surface area is 224 Å². The number of anilines is 2. The summed E-state index contributed by atoms with van der Waals surface area (Å²) in [6.07, 6.45) is 3.25. The van der Waals surface area contributed by atoms with E-state index in [2.05, 4.69) is 10.6 Å². The van der Waals surface area contributed by atoms with Gasteiger partial charge < -0.3 is 10.6 Å². The van der Waals surface area contributed by atoms with E-state index in [0.29, 0.717) is 21.4 Å². The summed E-state index contributed by atoms with van der Waals surface area (Å²) in [5.41, 5.74) is 2.91. The van der Waals surface area contributed by atoms with Crippen LogP contribution < -0.4 is 10.6 Å². The van der Waals surface area contributed by atoms with Gasteiger partial charge in [0.2, 0.25) is 11.8 Å². The Balaban J connectivity index is 1.45. The number of thioether (sulfide) groups is 1. The van der Waals surface area contributed by atoms with Crippen LogP contribution in [-0.2, 0) is 9.59 Å². The lowest BCUT2D eigenvalue weighted by molar-refractivity contribution is -0.116.